The first-order chi connectivity index (χ1) is 9.65. The van der Waals surface area contributed by atoms with Gasteiger partial charge in [0.25, 0.3) is 0 Å². The standard InChI is InChI=1S/C18H27NO/c1-4-14-8-9-18(11-14)12-16(19-5-2)15-10-13(3)6-7-17(15)20-18/h6-7,10,14,16,19H,4-5,8-9,11-12H2,1-3H3. The SMILES string of the molecule is CCNC1CC2(CCC(CC)C2)Oc2ccc(C)cc21. The molecule has 1 aliphatic heterocycles. The summed E-state index contributed by atoms with van der Waals surface area (Å²) in [6.45, 7) is 7.69. The van der Waals surface area contributed by atoms with Crippen LogP contribution < -0.4 is 10.1 Å². The van der Waals surface area contributed by atoms with Crippen LogP contribution in [0.15, 0.2) is 18.2 Å². The van der Waals surface area contributed by atoms with Crippen LogP contribution in [0.1, 0.15) is 63.1 Å². The summed E-state index contributed by atoms with van der Waals surface area (Å²) < 4.78 is 6.50. The lowest BCUT2D eigenvalue weighted by atomic mass is 9.84. The van der Waals surface area contributed by atoms with E-state index < -0.39 is 0 Å². The summed E-state index contributed by atoms with van der Waals surface area (Å²) in [5.41, 5.74) is 2.77. The second kappa shape index (κ2) is 5.40. The molecule has 1 spiro atoms. The van der Waals surface area contributed by atoms with Crippen molar-refractivity contribution in [1.29, 1.82) is 0 Å². The fourth-order valence-corrected chi connectivity index (χ4v) is 4.04. The Hall–Kier alpha value is -1.02. The van der Waals surface area contributed by atoms with Gasteiger partial charge in [0.15, 0.2) is 0 Å². The number of nitrogens with one attached hydrogen (secondary N) is 1. The molecule has 2 heteroatoms. The Kier molecular flexibility index (Phi) is 3.76. The van der Waals surface area contributed by atoms with E-state index in [2.05, 4.69) is 44.3 Å². The van der Waals surface area contributed by atoms with Gasteiger partial charge < -0.3 is 10.1 Å². The molecule has 1 fully saturated rings. The van der Waals surface area contributed by atoms with Crippen LogP contribution in [0.4, 0.5) is 0 Å². The van der Waals surface area contributed by atoms with Crippen molar-refractivity contribution in [2.75, 3.05) is 6.54 Å². The average Bonchev–Trinajstić information content (AvgIpc) is 2.83. The quantitative estimate of drug-likeness (QED) is 0.882. The first kappa shape index (κ1) is 13.9. The van der Waals surface area contributed by atoms with Crippen LogP contribution in [0.3, 0.4) is 0 Å². The fraction of sp³-hybridized carbons (Fsp3) is 0.667. The Balaban J connectivity index is 1.91. The molecule has 110 valence electrons. The van der Waals surface area contributed by atoms with Gasteiger partial charge in [0.1, 0.15) is 11.4 Å². The zero-order chi connectivity index (χ0) is 14.2. The Labute approximate surface area is 122 Å². The van der Waals surface area contributed by atoms with E-state index in [0.29, 0.717) is 6.04 Å². The van der Waals surface area contributed by atoms with E-state index in [1.54, 1.807) is 0 Å². The third kappa shape index (κ3) is 2.46. The van der Waals surface area contributed by atoms with Gasteiger partial charge in [0, 0.05) is 18.0 Å². The predicted octanol–water partition coefficient (Wildman–Crippen LogP) is 4.38. The molecule has 1 aliphatic carbocycles. The van der Waals surface area contributed by atoms with Crippen LogP contribution in [-0.4, -0.2) is 12.1 Å². The van der Waals surface area contributed by atoms with Gasteiger partial charge in [-0.2, -0.15) is 0 Å². The largest absolute Gasteiger partial charge is 0.487 e. The molecule has 1 saturated carbocycles. The van der Waals surface area contributed by atoms with Crippen LogP contribution in [0, 0.1) is 12.8 Å². The van der Waals surface area contributed by atoms with Crippen LogP contribution >= 0.6 is 0 Å². The lowest BCUT2D eigenvalue weighted by Crippen LogP contribution is -2.42. The molecule has 3 atom stereocenters. The molecular weight excluding hydrogens is 246 g/mol. The van der Waals surface area contributed by atoms with Gasteiger partial charge in [-0.1, -0.05) is 38.0 Å². The Morgan fingerprint density at radius 2 is 2.15 bits per heavy atom. The van der Waals surface area contributed by atoms with E-state index in [1.165, 1.54) is 36.8 Å². The van der Waals surface area contributed by atoms with Gasteiger partial charge in [0.2, 0.25) is 0 Å². The summed E-state index contributed by atoms with van der Waals surface area (Å²) in [7, 11) is 0. The molecule has 1 heterocycles. The van der Waals surface area contributed by atoms with Gasteiger partial charge >= 0.3 is 0 Å². The smallest absolute Gasteiger partial charge is 0.124 e. The van der Waals surface area contributed by atoms with Crippen molar-refractivity contribution in [3.8, 4) is 5.75 Å². The molecule has 1 aromatic rings. The van der Waals surface area contributed by atoms with E-state index in [4.69, 9.17) is 4.74 Å². The lowest BCUT2D eigenvalue weighted by molar-refractivity contribution is 0.0330. The Bertz CT molecular complexity index is 484. The van der Waals surface area contributed by atoms with Crippen LogP contribution in [0.2, 0.25) is 0 Å². The highest BCUT2D eigenvalue weighted by molar-refractivity contribution is 5.42. The van der Waals surface area contributed by atoms with E-state index in [1.807, 2.05) is 0 Å². The highest BCUT2D eigenvalue weighted by Gasteiger charge is 2.45. The summed E-state index contributed by atoms with van der Waals surface area (Å²) in [5.74, 6) is 1.97. The number of aryl methyl sites for hydroxylation is 1. The zero-order valence-corrected chi connectivity index (χ0v) is 13.0. The van der Waals surface area contributed by atoms with Gasteiger partial charge in [0.05, 0.1) is 0 Å². The Morgan fingerprint density at radius 3 is 2.85 bits per heavy atom. The van der Waals surface area contributed by atoms with Crippen LogP contribution in [0.25, 0.3) is 0 Å². The molecule has 2 nitrogen and oxygen atoms in total. The zero-order valence-electron chi connectivity index (χ0n) is 13.0. The van der Waals surface area contributed by atoms with Crippen molar-refractivity contribution >= 4 is 0 Å². The summed E-state index contributed by atoms with van der Waals surface area (Å²) in [4.78, 5) is 0. The maximum absolute atomic E-state index is 6.50. The maximum atomic E-state index is 6.50. The van der Waals surface area contributed by atoms with Gasteiger partial charge in [-0.3, -0.25) is 0 Å². The molecule has 3 rings (SSSR count). The molecule has 0 saturated heterocycles. The van der Waals surface area contributed by atoms with Crippen molar-refractivity contribution in [2.45, 2.75) is 64.5 Å². The van der Waals surface area contributed by atoms with Gasteiger partial charge in [-0.15, -0.1) is 0 Å². The lowest BCUT2D eigenvalue weighted by Gasteiger charge is -2.40. The molecule has 20 heavy (non-hydrogen) atoms. The number of benzene rings is 1. The van der Waals surface area contributed by atoms with Gasteiger partial charge in [-0.05, 0) is 44.7 Å². The summed E-state index contributed by atoms with van der Waals surface area (Å²) in [6, 6.07) is 7.10. The number of ether oxygens (including phenoxy) is 1. The molecule has 0 aromatic heterocycles. The highest BCUT2D eigenvalue weighted by Crippen LogP contribution is 2.49. The maximum Gasteiger partial charge on any atom is 0.124 e. The summed E-state index contributed by atoms with van der Waals surface area (Å²) in [6.07, 6.45) is 6.21. The molecule has 0 amide bonds. The van der Waals surface area contributed by atoms with Crippen molar-refractivity contribution in [3.63, 3.8) is 0 Å². The van der Waals surface area contributed by atoms with Crippen LogP contribution in [-0.2, 0) is 0 Å². The minimum absolute atomic E-state index is 0.0930. The van der Waals surface area contributed by atoms with E-state index >= 15 is 0 Å². The minimum atomic E-state index is 0.0930. The second-order valence-electron chi connectivity index (χ2n) is 6.66. The summed E-state index contributed by atoms with van der Waals surface area (Å²) >= 11 is 0. The van der Waals surface area contributed by atoms with Crippen LogP contribution in [0.5, 0.6) is 5.75 Å². The fourth-order valence-electron chi connectivity index (χ4n) is 4.04. The van der Waals surface area contributed by atoms with E-state index in [0.717, 1.165) is 24.6 Å². The molecule has 3 unspecified atom stereocenters. The molecular formula is C18H27NO. The van der Waals surface area contributed by atoms with Crippen molar-refractivity contribution in [1.82, 2.24) is 5.32 Å². The number of hydrogen-bond donors (Lipinski definition) is 1. The second-order valence-corrected chi connectivity index (χ2v) is 6.66. The molecule has 1 aromatic carbocycles. The molecule has 0 radical (unpaired) electrons. The third-order valence-corrected chi connectivity index (χ3v) is 5.14. The minimum Gasteiger partial charge on any atom is -0.487 e. The number of hydrogen-bond acceptors (Lipinski definition) is 2. The van der Waals surface area contributed by atoms with E-state index in [9.17, 15) is 0 Å². The van der Waals surface area contributed by atoms with Crippen molar-refractivity contribution in [2.24, 2.45) is 5.92 Å². The van der Waals surface area contributed by atoms with E-state index in [-0.39, 0.29) is 5.60 Å². The number of rotatable bonds is 3. The monoisotopic (exact) mass is 273 g/mol. The molecule has 0 bridgehead atoms. The van der Waals surface area contributed by atoms with Gasteiger partial charge in [-0.25, -0.2) is 0 Å². The average molecular weight is 273 g/mol. The third-order valence-electron chi connectivity index (χ3n) is 5.14. The number of fused-ring (bicyclic) bond motifs is 1. The normalized spacial score (nSPS) is 32.1. The van der Waals surface area contributed by atoms with Crippen molar-refractivity contribution in [3.05, 3.63) is 29.3 Å². The Morgan fingerprint density at radius 1 is 1.30 bits per heavy atom. The first-order valence-corrected chi connectivity index (χ1v) is 8.19. The first-order valence-electron chi connectivity index (χ1n) is 8.19. The molecule has 1 N–H and O–H groups in total. The highest BCUT2D eigenvalue weighted by atomic mass is 16.5. The molecule has 2 aliphatic rings. The topological polar surface area (TPSA) is 21.3 Å². The predicted molar refractivity (Wildman–Crippen MR) is 83.2 cm³/mol. The van der Waals surface area contributed by atoms with Crippen molar-refractivity contribution < 1.29 is 4.74 Å². The summed E-state index contributed by atoms with van der Waals surface area (Å²) in [5, 5.41) is 3.67.